The van der Waals surface area contributed by atoms with Crippen molar-refractivity contribution < 1.29 is 9.53 Å². The lowest BCUT2D eigenvalue weighted by Gasteiger charge is -2.18. The van der Waals surface area contributed by atoms with Crippen molar-refractivity contribution in [3.63, 3.8) is 0 Å². The number of hydrogen-bond acceptors (Lipinski definition) is 3. The van der Waals surface area contributed by atoms with Gasteiger partial charge in [-0.3, -0.25) is 4.79 Å². The number of hydrogen-bond donors (Lipinski definition) is 1. The van der Waals surface area contributed by atoms with E-state index in [1.165, 1.54) is 0 Å². The molecule has 0 aliphatic carbocycles. The summed E-state index contributed by atoms with van der Waals surface area (Å²) in [6.07, 6.45) is -0.437. The predicted molar refractivity (Wildman–Crippen MR) is 110 cm³/mol. The number of amides is 1. The number of carbonyl (C=O) groups is 1. The molecule has 3 aromatic rings. The van der Waals surface area contributed by atoms with Gasteiger partial charge in [0, 0.05) is 12.1 Å². The maximum absolute atomic E-state index is 13.0. The van der Waals surface area contributed by atoms with Gasteiger partial charge in [-0.2, -0.15) is 0 Å². The van der Waals surface area contributed by atoms with E-state index in [1.807, 2.05) is 91.9 Å². The number of benzene rings is 3. The molecule has 4 nitrogen and oxygen atoms in total. The minimum absolute atomic E-state index is 0.136. The quantitative estimate of drug-likeness (QED) is 0.732. The summed E-state index contributed by atoms with van der Waals surface area (Å²) in [7, 11) is 0. The first-order valence-corrected chi connectivity index (χ1v) is 9.39. The van der Waals surface area contributed by atoms with Crippen molar-refractivity contribution in [2.75, 3.05) is 0 Å². The molecule has 0 saturated carbocycles. The number of nitrogens with one attached hydrogen (secondary N) is 1. The predicted octanol–water partition coefficient (Wildman–Crippen LogP) is 4.20. The normalized spacial score (nSPS) is 18.2. The maximum Gasteiger partial charge on any atom is 0.249 e. The molecule has 2 unspecified atom stereocenters. The fraction of sp³-hybridized carbons (Fsp3) is 0.167. The van der Waals surface area contributed by atoms with E-state index in [0.717, 1.165) is 22.3 Å². The highest BCUT2D eigenvalue weighted by Crippen LogP contribution is 2.31. The van der Waals surface area contributed by atoms with E-state index >= 15 is 0 Å². The zero-order valence-corrected chi connectivity index (χ0v) is 15.7. The largest absolute Gasteiger partial charge is 0.466 e. The molecule has 0 spiro atoms. The molecule has 0 saturated heterocycles. The van der Waals surface area contributed by atoms with Gasteiger partial charge in [-0.1, -0.05) is 72.8 Å². The summed E-state index contributed by atoms with van der Waals surface area (Å²) in [5.74, 6) is 0.369. The van der Waals surface area contributed by atoms with Crippen molar-refractivity contribution in [3.05, 3.63) is 107 Å². The summed E-state index contributed by atoms with van der Waals surface area (Å²) >= 11 is 0. The minimum Gasteiger partial charge on any atom is -0.466 e. The highest BCUT2D eigenvalue weighted by molar-refractivity contribution is 5.98. The Morgan fingerprint density at radius 2 is 1.57 bits per heavy atom. The third-order valence-electron chi connectivity index (χ3n) is 4.91. The van der Waals surface area contributed by atoms with Crippen molar-refractivity contribution in [1.29, 1.82) is 0 Å². The molecule has 0 fully saturated rings. The average molecular weight is 370 g/mol. The molecule has 140 valence electrons. The van der Waals surface area contributed by atoms with Crippen molar-refractivity contribution in [2.45, 2.75) is 25.6 Å². The molecule has 28 heavy (non-hydrogen) atoms. The van der Waals surface area contributed by atoms with Crippen LogP contribution in [0.2, 0.25) is 0 Å². The summed E-state index contributed by atoms with van der Waals surface area (Å²) in [4.78, 5) is 17.6. The Labute approximate surface area is 164 Å². The molecule has 1 aliphatic rings. The topological polar surface area (TPSA) is 50.7 Å². The first-order valence-electron chi connectivity index (χ1n) is 9.39. The second-order valence-corrected chi connectivity index (χ2v) is 6.84. The molecule has 0 radical (unpaired) electrons. The number of ether oxygens (including phenoxy) is 1. The Bertz CT molecular complexity index is 984. The standard InChI is InChI=1S/C24H22N2O2/c1-17-10-8-9-15-20(17)16-25-23(27)21-22(18-11-4-2-5-12-18)28-24(26-21)19-13-6-3-7-14-19/h2-15,21-22H,16H2,1H3,(H,25,27). The van der Waals surface area contributed by atoms with Gasteiger partial charge in [0.1, 0.15) is 0 Å². The molecule has 1 aliphatic heterocycles. The summed E-state index contributed by atoms with van der Waals surface area (Å²) < 4.78 is 6.13. The van der Waals surface area contributed by atoms with Gasteiger partial charge >= 0.3 is 0 Å². The SMILES string of the molecule is Cc1ccccc1CNC(=O)C1N=C(c2ccccc2)OC1c1ccccc1. The number of nitrogens with zero attached hydrogens (tertiary/aromatic N) is 1. The van der Waals surface area contributed by atoms with E-state index in [4.69, 9.17) is 4.74 Å². The average Bonchev–Trinajstić information content (AvgIpc) is 3.20. The van der Waals surface area contributed by atoms with Crippen LogP contribution in [-0.2, 0) is 16.1 Å². The van der Waals surface area contributed by atoms with Gasteiger partial charge in [-0.05, 0) is 35.7 Å². The van der Waals surface area contributed by atoms with Crippen molar-refractivity contribution >= 4 is 11.8 Å². The molecule has 0 bridgehead atoms. The molecule has 1 N–H and O–H groups in total. The van der Waals surface area contributed by atoms with Crippen LogP contribution in [0.5, 0.6) is 0 Å². The van der Waals surface area contributed by atoms with Crippen molar-refractivity contribution in [1.82, 2.24) is 5.32 Å². The van der Waals surface area contributed by atoms with Crippen LogP contribution < -0.4 is 5.32 Å². The molecule has 0 aromatic heterocycles. The molecule has 2 atom stereocenters. The van der Waals surface area contributed by atoms with Crippen LogP contribution in [0.1, 0.15) is 28.4 Å². The molecular weight excluding hydrogens is 348 g/mol. The van der Waals surface area contributed by atoms with Gasteiger partial charge in [0.25, 0.3) is 0 Å². The monoisotopic (exact) mass is 370 g/mol. The minimum atomic E-state index is -0.623. The van der Waals surface area contributed by atoms with Crippen LogP contribution in [0.15, 0.2) is 89.9 Å². The van der Waals surface area contributed by atoms with E-state index in [1.54, 1.807) is 0 Å². The highest BCUT2D eigenvalue weighted by Gasteiger charge is 2.37. The second-order valence-electron chi connectivity index (χ2n) is 6.84. The Hall–Kier alpha value is -3.40. The Balaban J connectivity index is 1.57. The molecule has 1 heterocycles. The van der Waals surface area contributed by atoms with Crippen LogP contribution in [-0.4, -0.2) is 17.8 Å². The van der Waals surface area contributed by atoms with E-state index in [2.05, 4.69) is 10.3 Å². The van der Waals surface area contributed by atoms with Crippen LogP contribution in [0.25, 0.3) is 0 Å². The first-order chi connectivity index (χ1) is 13.7. The van der Waals surface area contributed by atoms with E-state index < -0.39 is 12.1 Å². The Kier molecular flexibility index (Phi) is 5.20. The van der Waals surface area contributed by atoms with Crippen LogP contribution in [0.3, 0.4) is 0 Å². The van der Waals surface area contributed by atoms with E-state index in [-0.39, 0.29) is 5.91 Å². The molecule has 4 rings (SSSR count). The van der Waals surface area contributed by atoms with Crippen molar-refractivity contribution in [3.8, 4) is 0 Å². The zero-order valence-electron chi connectivity index (χ0n) is 15.7. The van der Waals surface area contributed by atoms with Gasteiger partial charge in [0.05, 0.1) is 0 Å². The molecule has 1 amide bonds. The summed E-state index contributed by atoms with van der Waals surface area (Å²) in [5.41, 5.74) is 4.06. The summed E-state index contributed by atoms with van der Waals surface area (Å²) in [6, 6.07) is 26.9. The zero-order chi connectivity index (χ0) is 19.3. The lowest BCUT2D eigenvalue weighted by Crippen LogP contribution is -2.35. The van der Waals surface area contributed by atoms with Crippen LogP contribution in [0, 0.1) is 6.92 Å². The fourth-order valence-corrected chi connectivity index (χ4v) is 3.32. The lowest BCUT2D eigenvalue weighted by atomic mass is 10.0. The van der Waals surface area contributed by atoms with Gasteiger partial charge in [0.15, 0.2) is 12.1 Å². The number of rotatable bonds is 5. The highest BCUT2D eigenvalue weighted by atomic mass is 16.5. The third-order valence-corrected chi connectivity index (χ3v) is 4.91. The number of aryl methyl sites for hydroxylation is 1. The van der Waals surface area contributed by atoms with Gasteiger partial charge in [-0.15, -0.1) is 0 Å². The van der Waals surface area contributed by atoms with Crippen molar-refractivity contribution in [2.24, 2.45) is 4.99 Å². The maximum atomic E-state index is 13.0. The summed E-state index contributed by atoms with van der Waals surface area (Å²) in [6.45, 7) is 2.51. The summed E-state index contributed by atoms with van der Waals surface area (Å²) in [5, 5.41) is 3.03. The second kappa shape index (κ2) is 8.09. The van der Waals surface area contributed by atoms with E-state index in [0.29, 0.717) is 12.4 Å². The molecule has 3 aromatic carbocycles. The smallest absolute Gasteiger partial charge is 0.249 e. The van der Waals surface area contributed by atoms with E-state index in [9.17, 15) is 4.79 Å². The molecule has 4 heteroatoms. The van der Waals surface area contributed by atoms with Crippen LogP contribution >= 0.6 is 0 Å². The Morgan fingerprint density at radius 1 is 0.929 bits per heavy atom. The number of carbonyl (C=O) groups excluding carboxylic acids is 1. The molecular formula is C24H22N2O2. The lowest BCUT2D eigenvalue weighted by molar-refractivity contribution is -0.123. The van der Waals surface area contributed by atoms with Gasteiger partial charge < -0.3 is 10.1 Å². The fourth-order valence-electron chi connectivity index (χ4n) is 3.32. The van der Waals surface area contributed by atoms with Gasteiger partial charge in [-0.25, -0.2) is 4.99 Å². The Morgan fingerprint density at radius 3 is 2.29 bits per heavy atom. The number of aliphatic imine (C=N–C) groups is 1. The van der Waals surface area contributed by atoms with Crippen LogP contribution in [0.4, 0.5) is 0 Å². The first kappa shape index (κ1) is 18.0. The third kappa shape index (κ3) is 3.81. The van der Waals surface area contributed by atoms with Gasteiger partial charge in [0.2, 0.25) is 11.8 Å².